The van der Waals surface area contributed by atoms with E-state index in [4.69, 9.17) is 9.47 Å². The Hall–Kier alpha value is -2.97. The van der Waals surface area contributed by atoms with Gasteiger partial charge in [-0.3, -0.25) is 4.98 Å². The van der Waals surface area contributed by atoms with Crippen LogP contribution in [0.1, 0.15) is 29.8 Å². The normalized spacial score (nSPS) is 19.4. The molecular weight excluding hydrogens is 402 g/mol. The third-order valence-corrected chi connectivity index (χ3v) is 4.96. The number of hydrogen-bond acceptors (Lipinski definition) is 4. The molecule has 2 heterocycles. The summed E-state index contributed by atoms with van der Waals surface area (Å²) in [6.45, 7) is 1.15. The zero-order chi connectivity index (χ0) is 21.5. The number of pyridine rings is 1. The van der Waals surface area contributed by atoms with Crippen LogP contribution in [0.25, 0.3) is 0 Å². The number of nitrogens with zero attached hydrogens (tertiary/aromatic N) is 1. The lowest BCUT2D eigenvalue weighted by molar-refractivity contribution is -0.0902. The van der Waals surface area contributed by atoms with Gasteiger partial charge in [0.15, 0.2) is 5.60 Å². The summed E-state index contributed by atoms with van der Waals surface area (Å²) in [7, 11) is 0. The highest BCUT2D eigenvalue weighted by Crippen LogP contribution is 2.56. The average molecular weight is 419 g/mol. The van der Waals surface area contributed by atoms with Crippen LogP contribution < -0.4 is 4.74 Å². The summed E-state index contributed by atoms with van der Waals surface area (Å²) >= 11 is 0. The van der Waals surface area contributed by atoms with Crippen molar-refractivity contribution in [1.82, 2.24) is 4.98 Å². The molecule has 1 aromatic heterocycles. The van der Waals surface area contributed by atoms with Crippen LogP contribution >= 0.6 is 0 Å². The fourth-order valence-corrected chi connectivity index (χ4v) is 3.27. The highest BCUT2D eigenvalue weighted by atomic mass is 19.3. The third kappa shape index (κ3) is 3.42. The smallest absolute Gasteiger partial charge is 0.324 e. The Morgan fingerprint density at radius 2 is 1.87 bits per heavy atom. The molecule has 1 aliphatic rings. The van der Waals surface area contributed by atoms with Crippen LogP contribution in [0.2, 0.25) is 0 Å². The third-order valence-electron chi connectivity index (χ3n) is 4.96. The van der Waals surface area contributed by atoms with E-state index >= 15 is 8.78 Å². The van der Waals surface area contributed by atoms with E-state index in [1.807, 2.05) is 0 Å². The number of alkyl halides is 2. The van der Waals surface area contributed by atoms with Crippen LogP contribution in [0.15, 0.2) is 60.8 Å². The number of epoxide rings is 1. The molecule has 2 aromatic carbocycles. The summed E-state index contributed by atoms with van der Waals surface area (Å²) in [5.74, 6) is -5.10. The Labute approximate surface area is 169 Å². The van der Waals surface area contributed by atoms with Gasteiger partial charge in [-0.05, 0) is 37.3 Å². The number of aromatic nitrogens is 1. The Morgan fingerprint density at radius 3 is 2.47 bits per heavy atom. The number of aliphatic hydroxyl groups is 1. The highest BCUT2D eigenvalue weighted by Gasteiger charge is 2.68. The van der Waals surface area contributed by atoms with Crippen molar-refractivity contribution < 1.29 is 32.1 Å². The first kappa shape index (κ1) is 20.3. The van der Waals surface area contributed by atoms with Crippen LogP contribution in [0.4, 0.5) is 17.6 Å². The minimum Gasteiger partial charge on any atom is -0.455 e. The van der Waals surface area contributed by atoms with Crippen molar-refractivity contribution in [3.63, 3.8) is 0 Å². The van der Waals surface area contributed by atoms with Crippen molar-refractivity contribution in [3.05, 3.63) is 89.2 Å². The summed E-state index contributed by atoms with van der Waals surface area (Å²) in [4.78, 5) is 3.79. The minimum atomic E-state index is -3.66. The van der Waals surface area contributed by atoms with Crippen molar-refractivity contribution in [2.45, 2.75) is 24.6 Å². The number of rotatable bonds is 6. The summed E-state index contributed by atoms with van der Waals surface area (Å²) < 4.78 is 68.3. The van der Waals surface area contributed by atoms with Crippen LogP contribution in [0.3, 0.4) is 0 Å². The fraction of sp³-hybridized carbons (Fsp3) is 0.227. The van der Waals surface area contributed by atoms with E-state index in [0.717, 1.165) is 24.4 Å². The maximum atomic E-state index is 15.2. The predicted molar refractivity (Wildman–Crippen MR) is 99.3 cm³/mol. The van der Waals surface area contributed by atoms with Gasteiger partial charge in [-0.15, -0.1) is 0 Å². The Balaban J connectivity index is 1.61. The van der Waals surface area contributed by atoms with E-state index in [0.29, 0.717) is 17.4 Å². The van der Waals surface area contributed by atoms with Gasteiger partial charge in [-0.1, -0.05) is 18.2 Å². The van der Waals surface area contributed by atoms with Gasteiger partial charge in [0.1, 0.15) is 28.8 Å². The molecule has 3 aromatic rings. The second-order valence-corrected chi connectivity index (χ2v) is 7.01. The molecule has 1 aliphatic heterocycles. The number of halogens is 4. The number of hydrogen-bond donors (Lipinski definition) is 1. The topological polar surface area (TPSA) is 54.9 Å². The average Bonchev–Trinajstić information content (AvgIpc) is 3.51. The lowest BCUT2D eigenvalue weighted by Crippen LogP contribution is -2.34. The van der Waals surface area contributed by atoms with Crippen LogP contribution in [0, 0.1) is 11.6 Å². The van der Waals surface area contributed by atoms with Crippen molar-refractivity contribution in [2.75, 3.05) is 6.61 Å². The Morgan fingerprint density at radius 1 is 1.13 bits per heavy atom. The summed E-state index contributed by atoms with van der Waals surface area (Å²) in [5.41, 5.74) is -2.77. The predicted octanol–water partition coefficient (Wildman–Crippen LogP) is 5.22. The molecule has 8 heteroatoms. The van der Waals surface area contributed by atoms with E-state index in [1.54, 1.807) is 31.2 Å². The van der Waals surface area contributed by atoms with Crippen LogP contribution in [-0.4, -0.2) is 16.7 Å². The van der Waals surface area contributed by atoms with E-state index in [1.165, 1.54) is 6.07 Å². The molecule has 1 N–H and O–H groups in total. The van der Waals surface area contributed by atoms with Gasteiger partial charge < -0.3 is 14.6 Å². The first-order valence-electron chi connectivity index (χ1n) is 9.13. The monoisotopic (exact) mass is 419 g/mol. The van der Waals surface area contributed by atoms with E-state index in [2.05, 4.69) is 4.98 Å². The number of ether oxygens (including phenoxy) is 2. The van der Waals surface area contributed by atoms with Crippen molar-refractivity contribution in [2.24, 2.45) is 0 Å². The molecule has 0 spiro atoms. The van der Waals surface area contributed by atoms with E-state index in [9.17, 15) is 13.9 Å². The van der Waals surface area contributed by atoms with Crippen LogP contribution in [-0.2, 0) is 16.3 Å². The van der Waals surface area contributed by atoms with Gasteiger partial charge in [0.2, 0.25) is 0 Å². The molecule has 1 saturated heterocycles. The van der Waals surface area contributed by atoms with Gasteiger partial charge in [0.25, 0.3) is 0 Å². The molecular formula is C22H17F4NO3. The molecule has 0 bridgehead atoms. The molecule has 4 nitrogen and oxygen atoms in total. The molecule has 2 unspecified atom stereocenters. The highest BCUT2D eigenvalue weighted by molar-refractivity contribution is 5.40. The number of aliphatic hydroxyl groups excluding tert-OH is 1. The summed E-state index contributed by atoms with van der Waals surface area (Å²) in [6.07, 6.45) is 0.328. The Kier molecular flexibility index (Phi) is 4.99. The minimum absolute atomic E-state index is 0.182. The van der Waals surface area contributed by atoms with Gasteiger partial charge >= 0.3 is 5.92 Å². The zero-order valence-corrected chi connectivity index (χ0v) is 15.8. The fourth-order valence-electron chi connectivity index (χ4n) is 3.27. The maximum Gasteiger partial charge on any atom is 0.324 e. The van der Waals surface area contributed by atoms with E-state index in [-0.39, 0.29) is 5.75 Å². The second-order valence-electron chi connectivity index (χ2n) is 7.01. The first-order chi connectivity index (χ1) is 14.2. The lowest BCUT2D eigenvalue weighted by atomic mass is 9.90. The Bertz CT molecular complexity index is 1070. The number of benzene rings is 2. The number of para-hydroxylation sites is 1. The maximum absolute atomic E-state index is 15.2. The SMILES string of the molecule is CC(O)c1ccccc1Oc1ccc(C(F)(F)C2(c3ccc(F)cc3F)CO2)nc1. The first-order valence-corrected chi connectivity index (χ1v) is 9.13. The van der Waals surface area contributed by atoms with Gasteiger partial charge in [-0.2, -0.15) is 8.78 Å². The van der Waals surface area contributed by atoms with Crippen LogP contribution in [0.5, 0.6) is 11.5 Å². The van der Waals surface area contributed by atoms with Crippen molar-refractivity contribution in [3.8, 4) is 11.5 Å². The molecule has 4 rings (SSSR count). The lowest BCUT2D eigenvalue weighted by Gasteiger charge is -2.24. The standard InChI is InChI=1S/C22H17F4NO3/c1-13(28)16-4-2-3-5-19(16)30-15-7-9-20(27-11-15)22(25,26)21(12-29-21)17-8-6-14(23)10-18(17)24/h2-11,13,28H,12H2,1H3. The molecule has 0 aliphatic carbocycles. The van der Waals surface area contributed by atoms with Gasteiger partial charge in [0, 0.05) is 17.2 Å². The zero-order valence-electron chi connectivity index (χ0n) is 15.8. The van der Waals surface area contributed by atoms with Gasteiger partial charge in [-0.25, -0.2) is 8.78 Å². The largest absolute Gasteiger partial charge is 0.455 e. The van der Waals surface area contributed by atoms with Gasteiger partial charge in [0.05, 0.1) is 18.9 Å². The summed E-state index contributed by atoms with van der Waals surface area (Å²) in [6, 6.07) is 11.5. The molecule has 2 atom stereocenters. The van der Waals surface area contributed by atoms with E-state index < -0.39 is 47.1 Å². The molecule has 1 fully saturated rings. The molecule has 0 saturated carbocycles. The molecule has 156 valence electrons. The summed E-state index contributed by atoms with van der Waals surface area (Å²) in [5, 5.41) is 9.81. The quantitative estimate of drug-likeness (QED) is 0.440. The van der Waals surface area contributed by atoms with Crippen molar-refractivity contribution in [1.29, 1.82) is 0 Å². The van der Waals surface area contributed by atoms with Crippen molar-refractivity contribution >= 4 is 0 Å². The molecule has 0 amide bonds. The molecule has 0 radical (unpaired) electrons. The molecule has 30 heavy (non-hydrogen) atoms. The second kappa shape index (κ2) is 7.37.